The maximum absolute atomic E-state index is 12.9. The Morgan fingerprint density at radius 3 is 2.48 bits per heavy atom. The number of thioether (sulfide) groups is 1. The van der Waals surface area contributed by atoms with Crippen molar-refractivity contribution in [2.75, 3.05) is 5.32 Å². The third-order valence-corrected chi connectivity index (χ3v) is 6.29. The van der Waals surface area contributed by atoms with Crippen LogP contribution in [0.2, 0.25) is 5.02 Å². The molecule has 5 heteroatoms. The van der Waals surface area contributed by atoms with Crippen LogP contribution in [0.5, 0.6) is 0 Å². The van der Waals surface area contributed by atoms with Gasteiger partial charge in [0.05, 0.1) is 5.69 Å². The van der Waals surface area contributed by atoms with E-state index in [1.54, 1.807) is 18.2 Å². The number of hydrogen-bond donors (Lipinski definition) is 1. The average molecular weight is 402 g/mol. The van der Waals surface area contributed by atoms with Gasteiger partial charge in [-0.1, -0.05) is 68.1 Å². The minimum absolute atomic E-state index is 0.0156. The van der Waals surface area contributed by atoms with Crippen molar-refractivity contribution in [3.63, 3.8) is 0 Å². The molecule has 1 aliphatic carbocycles. The molecule has 1 N–H and O–H groups in total. The number of benzene rings is 2. The summed E-state index contributed by atoms with van der Waals surface area (Å²) >= 11 is 7.29. The molecule has 0 bridgehead atoms. The standard InChI is InChI=1S/C22H24ClNO2S/c1-22(12-6-3-7-13-22)21(26)24-18-15-17(23)10-11-19(18)27-20(25)14-16-8-4-2-5-9-16/h2,4-5,8-11,15H,3,6-7,12-14H2,1H3,(H,24,26). The van der Waals surface area contributed by atoms with Gasteiger partial charge in [-0.15, -0.1) is 0 Å². The SMILES string of the molecule is CC1(C(=O)Nc2cc(Cl)ccc2SC(=O)Cc2ccccc2)CCCCC1. The van der Waals surface area contributed by atoms with Crippen molar-refractivity contribution in [1.82, 2.24) is 0 Å². The summed E-state index contributed by atoms with van der Waals surface area (Å²) in [6, 6.07) is 14.9. The van der Waals surface area contributed by atoms with Crippen LogP contribution in [0.15, 0.2) is 53.4 Å². The maximum atomic E-state index is 12.9. The lowest BCUT2D eigenvalue weighted by molar-refractivity contribution is -0.126. The molecule has 1 fully saturated rings. The van der Waals surface area contributed by atoms with Gasteiger partial charge in [0.2, 0.25) is 5.91 Å². The summed E-state index contributed by atoms with van der Waals surface area (Å²) < 4.78 is 0. The summed E-state index contributed by atoms with van der Waals surface area (Å²) in [5, 5.41) is 3.61. The molecule has 2 aromatic rings. The van der Waals surface area contributed by atoms with Crippen molar-refractivity contribution < 1.29 is 9.59 Å². The zero-order valence-corrected chi connectivity index (χ0v) is 17.0. The summed E-state index contributed by atoms with van der Waals surface area (Å²) in [4.78, 5) is 26.1. The van der Waals surface area contributed by atoms with Crippen LogP contribution < -0.4 is 5.32 Å². The lowest BCUT2D eigenvalue weighted by Gasteiger charge is -2.32. The lowest BCUT2D eigenvalue weighted by Crippen LogP contribution is -2.35. The van der Waals surface area contributed by atoms with Crippen LogP contribution in [0.1, 0.15) is 44.6 Å². The molecule has 0 saturated heterocycles. The molecule has 1 amide bonds. The highest BCUT2D eigenvalue weighted by Crippen LogP contribution is 2.38. The quantitative estimate of drug-likeness (QED) is 0.614. The first kappa shape index (κ1) is 20.0. The van der Waals surface area contributed by atoms with E-state index in [9.17, 15) is 9.59 Å². The number of anilines is 1. The van der Waals surface area contributed by atoms with Crippen LogP contribution >= 0.6 is 23.4 Å². The molecule has 0 spiro atoms. The smallest absolute Gasteiger partial charge is 0.230 e. The van der Waals surface area contributed by atoms with Gasteiger partial charge in [-0.25, -0.2) is 0 Å². The highest BCUT2D eigenvalue weighted by molar-refractivity contribution is 8.13. The second-order valence-corrected chi connectivity index (χ2v) is 8.89. The Balaban J connectivity index is 1.73. The highest BCUT2D eigenvalue weighted by atomic mass is 35.5. The van der Waals surface area contributed by atoms with Crippen LogP contribution in [0.4, 0.5) is 5.69 Å². The molecule has 27 heavy (non-hydrogen) atoms. The van der Waals surface area contributed by atoms with Crippen molar-refractivity contribution in [3.8, 4) is 0 Å². The fourth-order valence-electron chi connectivity index (χ4n) is 3.44. The summed E-state index contributed by atoms with van der Waals surface area (Å²) in [7, 11) is 0. The van der Waals surface area contributed by atoms with Gasteiger partial charge in [-0.05, 0) is 48.4 Å². The number of rotatable bonds is 5. The second kappa shape index (κ2) is 8.94. The van der Waals surface area contributed by atoms with E-state index in [4.69, 9.17) is 11.6 Å². The number of halogens is 1. The summed E-state index contributed by atoms with van der Waals surface area (Å²) in [5.74, 6) is 0.0156. The number of carbonyl (C=O) groups excluding carboxylic acids is 2. The van der Waals surface area contributed by atoms with E-state index in [0.29, 0.717) is 17.1 Å². The number of hydrogen-bond acceptors (Lipinski definition) is 3. The van der Waals surface area contributed by atoms with E-state index in [0.717, 1.165) is 47.9 Å². The molecule has 0 aromatic heterocycles. The van der Waals surface area contributed by atoms with Crippen molar-refractivity contribution in [2.45, 2.75) is 50.3 Å². The molecule has 0 radical (unpaired) electrons. The van der Waals surface area contributed by atoms with Crippen molar-refractivity contribution in [2.24, 2.45) is 5.41 Å². The molecule has 0 atom stereocenters. The van der Waals surface area contributed by atoms with Gasteiger partial charge in [0.25, 0.3) is 0 Å². The Hall–Kier alpha value is -1.78. The van der Waals surface area contributed by atoms with Gasteiger partial charge in [-0.2, -0.15) is 0 Å². The molecule has 1 aliphatic rings. The second-order valence-electron chi connectivity index (χ2n) is 7.35. The molecule has 142 valence electrons. The van der Waals surface area contributed by atoms with E-state index in [1.165, 1.54) is 6.42 Å². The summed E-state index contributed by atoms with van der Waals surface area (Å²) in [6.45, 7) is 2.03. The Labute approximate surface area is 169 Å². The Morgan fingerprint density at radius 1 is 1.07 bits per heavy atom. The van der Waals surface area contributed by atoms with Crippen molar-refractivity contribution in [3.05, 3.63) is 59.1 Å². The molecule has 3 rings (SSSR count). The van der Waals surface area contributed by atoms with Crippen LogP contribution in [-0.2, 0) is 16.0 Å². The van der Waals surface area contributed by atoms with Gasteiger partial charge in [-0.3, -0.25) is 9.59 Å². The van der Waals surface area contributed by atoms with E-state index >= 15 is 0 Å². The molecule has 0 aliphatic heterocycles. The number of nitrogens with one attached hydrogen (secondary N) is 1. The molecule has 0 heterocycles. The average Bonchev–Trinajstić information content (AvgIpc) is 2.65. The van der Waals surface area contributed by atoms with Gasteiger partial charge in [0.1, 0.15) is 0 Å². The van der Waals surface area contributed by atoms with E-state index in [-0.39, 0.29) is 16.4 Å². The van der Waals surface area contributed by atoms with Gasteiger partial charge in [0, 0.05) is 21.8 Å². The van der Waals surface area contributed by atoms with E-state index < -0.39 is 0 Å². The zero-order chi connectivity index (χ0) is 19.3. The fourth-order valence-corrected chi connectivity index (χ4v) is 4.45. The topological polar surface area (TPSA) is 46.2 Å². The highest BCUT2D eigenvalue weighted by Gasteiger charge is 2.34. The monoisotopic (exact) mass is 401 g/mol. The van der Waals surface area contributed by atoms with Crippen molar-refractivity contribution in [1.29, 1.82) is 0 Å². The molecule has 2 aromatic carbocycles. The molecule has 1 saturated carbocycles. The third-order valence-electron chi connectivity index (χ3n) is 5.11. The molecular weight excluding hydrogens is 378 g/mol. The predicted octanol–water partition coefficient (Wildman–Crippen LogP) is 6.11. The third kappa shape index (κ3) is 5.36. The summed E-state index contributed by atoms with van der Waals surface area (Å²) in [5.41, 5.74) is 1.24. The van der Waals surface area contributed by atoms with E-state index in [2.05, 4.69) is 5.32 Å². The van der Waals surface area contributed by atoms with Crippen LogP contribution in [0, 0.1) is 5.41 Å². The first-order valence-corrected chi connectivity index (χ1v) is 10.5. The Kier molecular flexibility index (Phi) is 6.61. The van der Waals surface area contributed by atoms with Crippen LogP contribution in [-0.4, -0.2) is 11.0 Å². The first-order chi connectivity index (χ1) is 13.0. The minimum Gasteiger partial charge on any atom is -0.325 e. The van der Waals surface area contributed by atoms with Crippen LogP contribution in [0.25, 0.3) is 0 Å². The zero-order valence-electron chi connectivity index (χ0n) is 15.5. The molecule has 3 nitrogen and oxygen atoms in total. The Bertz CT molecular complexity index is 816. The Morgan fingerprint density at radius 2 is 1.78 bits per heavy atom. The van der Waals surface area contributed by atoms with Gasteiger partial charge < -0.3 is 5.32 Å². The lowest BCUT2D eigenvalue weighted by atomic mass is 9.75. The fraction of sp³-hybridized carbons (Fsp3) is 0.364. The van der Waals surface area contributed by atoms with Gasteiger partial charge in [0.15, 0.2) is 5.12 Å². The first-order valence-electron chi connectivity index (χ1n) is 9.32. The molecular formula is C22H24ClNO2S. The number of carbonyl (C=O) groups is 2. The van der Waals surface area contributed by atoms with Crippen LogP contribution in [0.3, 0.4) is 0 Å². The number of amides is 1. The predicted molar refractivity (Wildman–Crippen MR) is 112 cm³/mol. The molecule has 0 unspecified atom stereocenters. The normalized spacial score (nSPS) is 15.9. The minimum atomic E-state index is -0.351. The van der Waals surface area contributed by atoms with Gasteiger partial charge >= 0.3 is 0 Å². The summed E-state index contributed by atoms with van der Waals surface area (Å²) in [6.07, 6.45) is 5.49. The van der Waals surface area contributed by atoms with E-state index in [1.807, 2.05) is 37.3 Å². The van der Waals surface area contributed by atoms with Crippen molar-refractivity contribution >= 4 is 40.1 Å². The maximum Gasteiger partial charge on any atom is 0.230 e. The largest absolute Gasteiger partial charge is 0.325 e.